The number of rotatable bonds is 5. The number of likely N-dealkylation sites (N-methyl/N-ethyl adjacent to an activating group) is 1. The lowest BCUT2D eigenvalue weighted by Crippen LogP contribution is -2.33. The molecule has 82 valence electrons. The summed E-state index contributed by atoms with van der Waals surface area (Å²) in [5.74, 6) is 0.836. The molecular formula is C12H17ClN2. The van der Waals surface area contributed by atoms with E-state index in [1.54, 1.807) is 0 Å². The summed E-state index contributed by atoms with van der Waals surface area (Å²) in [6.45, 7) is 3.17. The molecule has 0 saturated heterocycles. The van der Waals surface area contributed by atoms with Crippen molar-refractivity contribution in [2.45, 2.75) is 32.2 Å². The van der Waals surface area contributed by atoms with Gasteiger partial charge in [0, 0.05) is 18.7 Å². The van der Waals surface area contributed by atoms with Crippen molar-refractivity contribution in [3.05, 3.63) is 29.0 Å². The highest BCUT2D eigenvalue weighted by molar-refractivity contribution is 6.31. The fraction of sp³-hybridized carbons (Fsp3) is 0.583. The molecule has 3 heteroatoms. The van der Waals surface area contributed by atoms with Gasteiger partial charge in [-0.1, -0.05) is 18.5 Å². The van der Waals surface area contributed by atoms with Crippen molar-refractivity contribution in [3.8, 4) is 0 Å². The number of nitrogens with one attached hydrogen (secondary N) is 1. The topological polar surface area (TPSA) is 24.9 Å². The van der Waals surface area contributed by atoms with Gasteiger partial charge < -0.3 is 5.32 Å². The van der Waals surface area contributed by atoms with Crippen LogP contribution in [-0.2, 0) is 6.42 Å². The molecule has 15 heavy (non-hydrogen) atoms. The van der Waals surface area contributed by atoms with Crippen molar-refractivity contribution in [2.24, 2.45) is 5.92 Å². The summed E-state index contributed by atoms with van der Waals surface area (Å²) >= 11 is 6.10. The molecule has 0 aromatic carbocycles. The minimum absolute atomic E-state index is 0.558. The van der Waals surface area contributed by atoms with E-state index in [2.05, 4.69) is 17.2 Å². The second-order valence-electron chi connectivity index (χ2n) is 4.14. The van der Waals surface area contributed by atoms with Gasteiger partial charge in [-0.15, -0.1) is 0 Å². The first kappa shape index (κ1) is 10.9. The fourth-order valence-corrected chi connectivity index (χ4v) is 2.14. The average molecular weight is 225 g/mol. The molecule has 1 fully saturated rings. The Morgan fingerprint density at radius 1 is 1.60 bits per heavy atom. The summed E-state index contributed by atoms with van der Waals surface area (Å²) in [7, 11) is 0. The van der Waals surface area contributed by atoms with Gasteiger partial charge in [0.2, 0.25) is 0 Å². The smallest absolute Gasteiger partial charge is 0.0622 e. The van der Waals surface area contributed by atoms with Gasteiger partial charge in [0.05, 0.1) is 10.7 Å². The molecule has 1 aromatic rings. The molecule has 1 unspecified atom stereocenters. The highest BCUT2D eigenvalue weighted by Gasteiger charge is 2.31. The number of nitrogens with zero attached hydrogens (tertiary/aromatic N) is 1. The highest BCUT2D eigenvalue weighted by atomic mass is 35.5. The number of pyridine rings is 1. The number of aromatic nitrogens is 1. The van der Waals surface area contributed by atoms with Crippen LogP contribution < -0.4 is 5.32 Å². The SMILES string of the molecule is CCNC(Cc1ncccc1Cl)C1CC1. The number of hydrogen-bond donors (Lipinski definition) is 1. The summed E-state index contributed by atoms with van der Waals surface area (Å²) < 4.78 is 0. The summed E-state index contributed by atoms with van der Waals surface area (Å²) in [5, 5.41) is 4.31. The van der Waals surface area contributed by atoms with E-state index in [1.807, 2.05) is 18.3 Å². The second kappa shape index (κ2) is 4.95. The second-order valence-corrected chi connectivity index (χ2v) is 4.54. The predicted molar refractivity (Wildman–Crippen MR) is 63.1 cm³/mol. The van der Waals surface area contributed by atoms with Gasteiger partial charge in [0.25, 0.3) is 0 Å². The van der Waals surface area contributed by atoms with E-state index in [-0.39, 0.29) is 0 Å². The molecule has 0 spiro atoms. The quantitative estimate of drug-likeness (QED) is 0.832. The Hall–Kier alpha value is -0.600. The van der Waals surface area contributed by atoms with Gasteiger partial charge >= 0.3 is 0 Å². The molecule has 0 amide bonds. The van der Waals surface area contributed by atoms with E-state index in [1.165, 1.54) is 12.8 Å². The summed E-state index contributed by atoms with van der Waals surface area (Å²) in [5.41, 5.74) is 1.03. The Labute approximate surface area is 96.1 Å². The zero-order valence-electron chi connectivity index (χ0n) is 9.04. The Morgan fingerprint density at radius 3 is 3.00 bits per heavy atom. The molecular weight excluding hydrogens is 208 g/mol. The zero-order valence-corrected chi connectivity index (χ0v) is 9.80. The van der Waals surface area contributed by atoms with Gasteiger partial charge in [-0.2, -0.15) is 0 Å². The molecule has 1 aliphatic carbocycles. The van der Waals surface area contributed by atoms with Crippen LogP contribution in [0.3, 0.4) is 0 Å². The van der Waals surface area contributed by atoms with Crippen molar-refractivity contribution in [1.82, 2.24) is 10.3 Å². The predicted octanol–water partition coefficient (Wildman–Crippen LogP) is 2.67. The molecule has 2 rings (SSSR count). The van der Waals surface area contributed by atoms with E-state index >= 15 is 0 Å². The maximum atomic E-state index is 6.10. The van der Waals surface area contributed by atoms with Crippen molar-refractivity contribution >= 4 is 11.6 Å². The first-order chi connectivity index (χ1) is 7.31. The third-order valence-electron chi connectivity index (χ3n) is 2.91. The molecule has 1 aromatic heterocycles. The average Bonchev–Trinajstić information content (AvgIpc) is 3.04. The number of hydrogen-bond acceptors (Lipinski definition) is 2. The lowest BCUT2D eigenvalue weighted by atomic mass is 10.1. The van der Waals surface area contributed by atoms with E-state index in [0.717, 1.165) is 29.6 Å². The van der Waals surface area contributed by atoms with Crippen molar-refractivity contribution in [1.29, 1.82) is 0 Å². The van der Waals surface area contributed by atoms with E-state index in [4.69, 9.17) is 11.6 Å². The first-order valence-electron chi connectivity index (χ1n) is 5.64. The normalized spacial score (nSPS) is 17.7. The molecule has 0 bridgehead atoms. The van der Waals surface area contributed by atoms with Crippen LogP contribution in [0.5, 0.6) is 0 Å². The van der Waals surface area contributed by atoms with Gasteiger partial charge in [0.15, 0.2) is 0 Å². The van der Waals surface area contributed by atoms with Gasteiger partial charge in [0.1, 0.15) is 0 Å². The standard InChI is InChI=1S/C12H17ClN2/c1-2-14-11(9-5-6-9)8-12-10(13)4-3-7-15-12/h3-4,7,9,11,14H,2,5-6,8H2,1H3. The number of halogens is 1. The van der Waals surface area contributed by atoms with Gasteiger partial charge in [-0.3, -0.25) is 4.98 Å². The van der Waals surface area contributed by atoms with Crippen molar-refractivity contribution in [2.75, 3.05) is 6.54 Å². The fourth-order valence-electron chi connectivity index (χ4n) is 1.94. The van der Waals surface area contributed by atoms with E-state index in [0.29, 0.717) is 6.04 Å². The molecule has 0 radical (unpaired) electrons. The maximum absolute atomic E-state index is 6.10. The van der Waals surface area contributed by atoms with Crippen LogP contribution in [0.15, 0.2) is 18.3 Å². The summed E-state index contributed by atoms with van der Waals surface area (Å²) in [6, 6.07) is 4.35. The lowest BCUT2D eigenvalue weighted by molar-refractivity contribution is 0.468. The first-order valence-corrected chi connectivity index (χ1v) is 6.02. The van der Waals surface area contributed by atoms with Crippen LogP contribution in [0.2, 0.25) is 5.02 Å². The van der Waals surface area contributed by atoms with Crippen LogP contribution in [0.1, 0.15) is 25.5 Å². The molecule has 0 aliphatic heterocycles. The van der Waals surface area contributed by atoms with Crippen LogP contribution in [0, 0.1) is 5.92 Å². The minimum atomic E-state index is 0.558. The van der Waals surface area contributed by atoms with E-state index < -0.39 is 0 Å². The molecule has 1 N–H and O–H groups in total. The maximum Gasteiger partial charge on any atom is 0.0622 e. The monoisotopic (exact) mass is 224 g/mol. The lowest BCUT2D eigenvalue weighted by Gasteiger charge is -2.17. The zero-order chi connectivity index (χ0) is 10.7. The minimum Gasteiger partial charge on any atom is -0.314 e. The van der Waals surface area contributed by atoms with Crippen LogP contribution in [0.25, 0.3) is 0 Å². The van der Waals surface area contributed by atoms with Crippen LogP contribution >= 0.6 is 11.6 Å². The third-order valence-corrected chi connectivity index (χ3v) is 3.25. The van der Waals surface area contributed by atoms with Crippen LogP contribution in [-0.4, -0.2) is 17.6 Å². The summed E-state index contributed by atoms with van der Waals surface area (Å²) in [4.78, 5) is 4.34. The van der Waals surface area contributed by atoms with Gasteiger partial charge in [-0.25, -0.2) is 0 Å². The third kappa shape index (κ3) is 2.93. The summed E-state index contributed by atoms with van der Waals surface area (Å²) in [6.07, 6.45) is 5.47. The highest BCUT2D eigenvalue weighted by Crippen LogP contribution is 2.34. The Balaban J connectivity index is 2.02. The van der Waals surface area contributed by atoms with Crippen molar-refractivity contribution < 1.29 is 0 Å². The Morgan fingerprint density at radius 2 is 2.40 bits per heavy atom. The molecule has 1 saturated carbocycles. The van der Waals surface area contributed by atoms with E-state index in [9.17, 15) is 0 Å². The molecule has 1 heterocycles. The molecule has 2 nitrogen and oxygen atoms in total. The molecule has 1 atom stereocenters. The van der Waals surface area contributed by atoms with Gasteiger partial charge in [-0.05, 0) is 37.4 Å². The van der Waals surface area contributed by atoms with Crippen LogP contribution in [0.4, 0.5) is 0 Å². The Bertz CT molecular complexity index is 323. The van der Waals surface area contributed by atoms with Crippen molar-refractivity contribution in [3.63, 3.8) is 0 Å². The molecule has 1 aliphatic rings. The largest absolute Gasteiger partial charge is 0.314 e. The Kier molecular flexibility index (Phi) is 3.60.